The molecule has 3 heterocycles. The predicted molar refractivity (Wildman–Crippen MR) is 93.4 cm³/mol. The molecule has 2 aliphatic rings. The average Bonchev–Trinajstić information content (AvgIpc) is 3.18. The molecule has 24 heavy (non-hydrogen) atoms. The van der Waals surface area contributed by atoms with Gasteiger partial charge in [0.1, 0.15) is 0 Å². The van der Waals surface area contributed by atoms with E-state index < -0.39 is 0 Å². The van der Waals surface area contributed by atoms with Crippen LogP contribution in [0, 0.1) is 6.92 Å². The van der Waals surface area contributed by atoms with Crippen LogP contribution in [0.25, 0.3) is 5.69 Å². The zero-order chi connectivity index (χ0) is 16.7. The molecule has 1 N–H and O–H groups in total. The molecule has 4 rings (SSSR count). The van der Waals surface area contributed by atoms with Gasteiger partial charge in [-0.1, -0.05) is 0 Å². The van der Waals surface area contributed by atoms with E-state index in [0.717, 1.165) is 29.7 Å². The van der Waals surface area contributed by atoms with Crippen molar-refractivity contribution in [3.63, 3.8) is 0 Å². The fourth-order valence-electron chi connectivity index (χ4n) is 4.02. The summed E-state index contributed by atoms with van der Waals surface area (Å²) >= 11 is 0. The number of fused-ring (bicyclic) bond motifs is 2. The molecule has 1 amide bonds. The number of carbonyl (C=O) groups excluding carboxylic acids is 1. The Morgan fingerprint density at radius 2 is 1.88 bits per heavy atom. The lowest BCUT2D eigenvalue weighted by Crippen LogP contribution is -2.48. The first kappa shape index (κ1) is 15.4. The molecule has 2 saturated heterocycles. The lowest BCUT2D eigenvalue weighted by Gasteiger charge is -2.35. The zero-order valence-electron chi connectivity index (χ0n) is 14.3. The Labute approximate surface area is 142 Å². The van der Waals surface area contributed by atoms with E-state index in [2.05, 4.69) is 10.4 Å². The molecule has 0 aliphatic carbocycles. The normalized spacial score (nSPS) is 25.7. The minimum atomic E-state index is 0.115. The van der Waals surface area contributed by atoms with Gasteiger partial charge in [0.2, 0.25) is 0 Å². The van der Waals surface area contributed by atoms with Crippen LogP contribution in [0.2, 0.25) is 0 Å². The van der Waals surface area contributed by atoms with Crippen molar-refractivity contribution in [1.29, 1.82) is 0 Å². The Hall–Kier alpha value is -2.14. The Bertz CT molecular complexity index is 724. The van der Waals surface area contributed by atoms with Crippen molar-refractivity contribution in [2.75, 3.05) is 7.05 Å². The van der Waals surface area contributed by atoms with Gasteiger partial charge in [-0.3, -0.25) is 4.79 Å². The molecule has 0 saturated carbocycles. The monoisotopic (exact) mass is 324 g/mol. The minimum absolute atomic E-state index is 0.115. The Kier molecular flexibility index (Phi) is 3.88. The lowest BCUT2D eigenvalue weighted by atomic mass is 9.98. The van der Waals surface area contributed by atoms with E-state index in [1.165, 1.54) is 12.8 Å². The first-order valence-electron chi connectivity index (χ1n) is 8.75. The van der Waals surface area contributed by atoms with Gasteiger partial charge in [0.05, 0.1) is 11.9 Å². The van der Waals surface area contributed by atoms with Crippen LogP contribution >= 0.6 is 0 Å². The first-order valence-corrected chi connectivity index (χ1v) is 8.75. The number of aryl methyl sites for hydroxylation is 1. The van der Waals surface area contributed by atoms with Gasteiger partial charge < -0.3 is 10.2 Å². The fraction of sp³-hybridized carbons (Fsp3) is 0.474. The molecule has 2 bridgehead atoms. The van der Waals surface area contributed by atoms with Crippen LogP contribution in [0.4, 0.5) is 0 Å². The third-order valence-electron chi connectivity index (χ3n) is 5.41. The SMILES string of the molecule is Cc1cnn(-c2ccc(C(=O)N(C)C3CC4CCC(C3)N4)cc2)c1. The number of hydrogen-bond donors (Lipinski definition) is 1. The highest BCUT2D eigenvalue weighted by Gasteiger charge is 2.36. The van der Waals surface area contributed by atoms with Gasteiger partial charge in [-0.05, 0) is 62.4 Å². The van der Waals surface area contributed by atoms with Crippen LogP contribution in [0.1, 0.15) is 41.6 Å². The molecule has 0 spiro atoms. The van der Waals surface area contributed by atoms with E-state index in [1.54, 1.807) is 0 Å². The Balaban J connectivity index is 1.47. The molecule has 0 radical (unpaired) electrons. The van der Waals surface area contributed by atoms with Gasteiger partial charge in [-0.2, -0.15) is 5.10 Å². The highest BCUT2D eigenvalue weighted by atomic mass is 16.2. The van der Waals surface area contributed by atoms with Gasteiger partial charge in [0, 0.05) is 36.9 Å². The molecule has 2 aliphatic heterocycles. The zero-order valence-corrected chi connectivity index (χ0v) is 14.3. The third-order valence-corrected chi connectivity index (χ3v) is 5.41. The summed E-state index contributed by atoms with van der Waals surface area (Å²) in [4.78, 5) is 14.8. The van der Waals surface area contributed by atoms with Crippen LogP contribution in [-0.4, -0.2) is 45.8 Å². The molecule has 126 valence electrons. The molecule has 5 nitrogen and oxygen atoms in total. The van der Waals surface area contributed by atoms with E-state index in [0.29, 0.717) is 18.1 Å². The maximum absolute atomic E-state index is 12.8. The fourth-order valence-corrected chi connectivity index (χ4v) is 4.02. The molecule has 1 aromatic heterocycles. The summed E-state index contributed by atoms with van der Waals surface area (Å²) in [6, 6.07) is 9.26. The topological polar surface area (TPSA) is 50.2 Å². The number of amides is 1. The predicted octanol–water partition coefficient (Wildman–Crippen LogP) is 2.54. The van der Waals surface area contributed by atoms with Crippen LogP contribution < -0.4 is 5.32 Å². The second-order valence-electron chi connectivity index (χ2n) is 7.19. The summed E-state index contributed by atoms with van der Waals surface area (Å²) in [7, 11) is 1.95. The quantitative estimate of drug-likeness (QED) is 0.944. The van der Waals surface area contributed by atoms with Crippen LogP contribution in [0.3, 0.4) is 0 Å². The second kappa shape index (κ2) is 6.06. The maximum Gasteiger partial charge on any atom is 0.253 e. The maximum atomic E-state index is 12.8. The largest absolute Gasteiger partial charge is 0.339 e. The van der Waals surface area contributed by atoms with E-state index in [9.17, 15) is 4.79 Å². The number of carbonyl (C=O) groups is 1. The van der Waals surface area contributed by atoms with Gasteiger partial charge in [-0.15, -0.1) is 0 Å². The number of hydrogen-bond acceptors (Lipinski definition) is 3. The van der Waals surface area contributed by atoms with Gasteiger partial charge in [0.15, 0.2) is 0 Å². The molecular formula is C19H24N4O. The van der Waals surface area contributed by atoms with Crippen molar-refractivity contribution in [3.05, 3.63) is 47.8 Å². The van der Waals surface area contributed by atoms with E-state index in [-0.39, 0.29) is 5.91 Å². The number of nitrogens with zero attached hydrogens (tertiary/aromatic N) is 3. The molecular weight excluding hydrogens is 300 g/mol. The van der Waals surface area contributed by atoms with E-state index >= 15 is 0 Å². The summed E-state index contributed by atoms with van der Waals surface area (Å²) < 4.78 is 1.83. The first-order chi connectivity index (χ1) is 11.6. The highest BCUT2D eigenvalue weighted by Crippen LogP contribution is 2.29. The van der Waals surface area contributed by atoms with Crippen molar-refractivity contribution < 1.29 is 4.79 Å². The average molecular weight is 324 g/mol. The van der Waals surface area contributed by atoms with Gasteiger partial charge in [-0.25, -0.2) is 4.68 Å². The van der Waals surface area contributed by atoms with E-state index in [4.69, 9.17) is 0 Å². The van der Waals surface area contributed by atoms with Crippen molar-refractivity contribution in [2.45, 2.75) is 50.7 Å². The van der Waals surface area contributed by atoms with Gasteiger partial charge >= 0.3 is 0 Å². The lowest BCUT2D eigenvalue weighted by molar-refractivity contribution is 0.0681. The summed E-state index contributed by atoms with van der Waals surface area (Å²) in [6.07, 6.45) is 8.46. The van der Waals surface area contributed by atoms with E-state index in [1.807, 2.05) is 60.2 Å². The number of piperidine rings is 1. The summed E-state index contributed by atoms with van der Waals surface area (Å²) in [5, 5.41) is 7.94. The van der Waals surface area contributed by atoms with Crippen LogP contribution in [-0.2, 0) is 0 Å². The number of nitrogens with one attached hydrogen (secondary N) is 1. The van der Waals surface area contributed by atoms with Crippen molar-refractivity contribution in [2.24, 2.45) is 0 Å². The minimum Gasteiger partial charge on any atom is -0.339 e. The summed E-state index contributed by atoms with van der Waals surface area (Å²) in [6.45, 7) is 2.02. The Morgan fingerprint density at radius 1 is 1.21 bits per heavy atom. The van der Waals surface area contributed by atoms with Gasteiger partial charge in [0.25, 0.3) is 5.91 Å². The van der Waals surface area contributed by atoms with Crippen molar-refractivity contribution >= 4 is 5.91 Å². The molecule has 5 heteroatoms. The van der Waals surface area contributed by atoms with Crippen molar-refractivity contribution in [1.82, 2.24) is 20.0 Å². The molecule has 1 aromatic carbocycles. The smallest absolute Gasteiger partial charge is 0.253 e. The van der Waals surface area contributed by atoms with Crippen LogP contribution in [0.5, 0.6) is 0 Å². The molecule has 2 atom stereocenters. The Morgan fingerprint density at radius 3 is 2.46 bits per heavy atom. The number of aromatic nitrogens is 2. The van der Waals surface area contributed by atoms with Crippen LogP contribution in [0.15, 0.2) is 36.7 Å². The number of rotatable bonds is 3. The second-order valence-corrected chi connectivity index (χ2v) is 7.19. The standard InChI is InChI=1S/C19H24N4O/c1-13-11-20-23(12-13)17-7-3-14(4-8-17)19(24)22(2)18-9-15-5-6-16(10-18)21-15/h3-4,7-8,11-12,15-16,18,21H,5-6,9-10H2,1-2H3. The molecule has 2 fully saturated rings. The number of benzene rings is 1. The summed E-state index contributed by atoms with van der Waals surface area (Å²) in [5.41, 5.74) is 2.84. The molecule has 2 aromatic rings. The third kappa shape index (κ3) is 2.84. The summed E-state index contributed by atoms with van der Waals surface area (Å²) in [5.74, 6) is 0.115. The highest BCUT2D eigenvalue weighted by molar-refractivity contribution is 5.94. The van der Waals surface area contributed by atoms with Crippen molar-refractivity contribution in [3.8, 4) is 5.69 Å². The molecule has 2 unspecified atom stereocenters.